The van der Waals surface area contributed by atoms with Crippen LogP contribution >= 0.6 is 23.2 Å². The smallest absolute Gasteiger partial charge is 0.104 e. The van der Waals surface area contributed by atoms with Crippen LogP contribution in [0.1, 0.15) is 0 Å². The molecule has 2 aliphatic rings. The second kappa shape index (κ2) is 2.52. The molecule has 2 fully saturated rings. The Labute approximate surface area is 69.4 Å². The second-order valence-electron chi connectivity index (χ2n) is 2.63. The fraction of sp³-hybridized carbons (Fsp3) is 1.00. The Kier molecular flexibility index (Phi) is 1.81. The molecule has 0 aromatic carbocycles. The van der Waals surface area contributed by atoms with E-state index in [0.29, 0.717) is 13.2 Å². The van der Waals surface area contributed by atoms with Gasteiger partial charge in [-0.05, 0) is 0 Å². The zero-order valence-corrected chi connectivity index (χ0v) is 6.81. The van der Waals surface area contributed by atoms with Crippen LogP contribution in [0.3, 0.4) is 0 Å². The van der Waals surface area contributed by atoms with E-state index in [1.165, 1.54) is 0 Å². The van der Waals surface area contributed by atoms with E-state index in [-0.39, 0.29) is 23.0 Å². The molecule has 0 bridgehead atoms. The van der Waals surface area contributed by atoms with Gasteiger partial charge in [0.25, 0.3) is 0 Å². The van der Waals surface area contributed by atoms with Crippen molar-refractivity contribution in [2.24, 2.45) is 0 Å². The zero-order chi connectivity index (χ0) is 7.14. The van der Waals surface area contributed by atoms with Gasteiger partial charge >= 0.3 is 0 Å². The van der Waals surface area contributed by atoms with Gasteiger partial charge in [-0.3, -0.25) is 0 Å². The molecule has 0 aliphatic carbocycles. The maximum atomic E-state index is 5.87. The minimum atomic E-state index is -0.00579. The maximum absolute atomic E-state index is 5.87. The van der Waals surface area contributed by atoms with Crippen LogP contribution in [0.15, 0.2) is 0 Å². The Balaban J connectivity index is 2.09. The summed E-state index contributed by atoms with van der Waals surface area (Å²) in [5.41, 5.74) is 0. The van der Waals surface area contributed by atoms with Crippen LogP contribution in [0, 0.1) is 0 Å². The summed E-state index contributed by atoms with van der Waals surface area (Å²) in [7, 11) is 0. The van der Waals surface area contributed by atoms with Crippen molar-refractivity contribution in [3.8, 4) is 0 Å². The Morgan fingerprint density at radius 3 is 1.70 bits per heavy atom. The summed E-state index contributed by atoms with van der Waals surface area (Å²) in [5, 5.41) is -0.0116. The molecule has 0 N–H and O–H groups in total. The lowest BCUT2D eigenvalue weighted by Crippen LogP contribution is -2.26. The van der Waals surface area contributed by atoms with E-state index < -0.39 is 0 Å². The van der Waals surface area contributed by atoms with Gasteiger partial charge in [-0.15, -0.1) is 23.2 Å². The molecule has 4 unspecified atom stereocenters. The fourth-order valence-corrected chi connectivity index (χ4v) is 1.98. The van der Waals surface area contributed by atoms with E-state index in [2.05, 4.69) is 0 Å². The quantitative estimate of drug-likeness (QED) is 0.521. The fourth-order valence-electron chi connectivity index (χ4n) is 1.41. The summed E-state index contributed by atoms with van der Waals surface area (Å²) < 4.78 is 10.6. The van der Waals surface area contributed by atoms with Crippen molar-refractivity contribution in [3.63, 3.8) is 0 Å². The summed E-state index contributed by atoms with van der Waals surface area (Å²) in [5.74, 6) is 0. The molecule has 4 heteroatoms. The third-order valence-corrected chi connectivity index (χ3v) is 2.68. The van der Waals surface area contributed by atoms with Crippen LogP contribution < -0.4 is 0 Å². The zero-order valence-electron chi connectivity index (χ0n) is 5.30. The summed E-state index contributed by atoms with van der Waals surface area (Å²) in [6, 6.07) is 0. The molecule has 58 valence electrons. The molecule has 4 atom stereocenters. The Morgan fingerprint density at radius 1 is 0.900 bits per heavy atom. The average molecular weight is 183 g/mol. The number of hydrogen-bond donors (Lipinski definition) is 0. The molecular formula is C6H8Cl2O2. The lowest BCUT2D eigenvalue weighted by Gasteiger charge is -2.08. The molecule has 0 aromatic heterocycles. The second-order valence-corrected chi connectivity index (χ2v) is 3.75. The van der Waals surface area contributed by atoms with Gasteiger partial charge in [0.05, 0.1) is 24.0 Å². The highest BCUT2D eigenvalue weighted by Gasteiger charge is 2.46. The van der Waals surface area contributed by atoms with Crippen molar-refractivity contribution >= 4 is 23.2 Å². The Morgan fingerprint density at radius 2 is 1.30 bits per heavy atom. The molecule has 0 saturated carbocycles. The van der Waals surface area contributed by atoms with Crippen molar-refractivity contribution in [1.29, 1.82) is 0 Å². The summed E-state index contributed by atoms with van der Waals surface area (Å²) in [6.07, 6.45) is 0.0633. The Bertz CT molecular complexity index is 126. The van der Waals surface area contributed by atoms with E-state index in [1.54, 1.807) is 0 Å². The van der Waals surface area contributed by atoms with Gasteiger partial charge in [0.1, 0.15) is 12.2 Å². The Hall–Kier alpha value is 0.500. The number of hydrogen-bond acceptors (Lipinski definition) is 2. The van der Waals surface area contributed by atoms with Crippen LogP contribution in [-0.4, -0.2) is 36.2 Å². The highest BCUT2D eigenvalue weighted by atomic mass is 35.5. The van der Waals surface area contributed by atoms with Crippen molar-refractivity contribution in [1.82, 2.24) is 0 Å². The van der Waals surface area contributed by atoms with E-state index in [0.717, 1.165) is 0 Å². The molecule has 10 heavy (non-hydrogen) atoms. The molecule has 0 spiro atoms. The van der Waals surface area contributed by atoms with Crippen molar-refractivity contribution < 1.29 is 9.47 Å². The van der Waals surface area contributed by atoms with E-state index in [4.69, 9.17) is 32.7 Å². The molecule has 0 aromatic rings. The molecule has 2 saturated heterocycles. The number of fused-ring (bicyclic) bond motifs is 1. The van der Waals surface area contributed by atoms with Crippen molar-refractivity contribution in [2.75, 3.05) is 13.2 Å². The van der Waals surface area contributed by atoms with Crippen LogP contribution in [0.5, 0.6) is 0 Å². The SMILES string of the molecule is ClC1COC2C(Cl)COC12. The topological polar surface area (TPSA) is 18.5 Å². The van der Waals surface area contributed by atoms with Crippen LogP contribution in [0.4, 0.5) is 0 Å². The molecule has 2 nitrogen and oxygen atoms in total. The summed E-state index contributed by atoms with van der Waals surface area (Å²) >= 11 is 11.7. The van der Waals surface area contributed by atoms with Gasteiger partial charge < -0.3 is 9.47 Å². The molecule has 2 aliphatic heterocycles. The standard InChI is InChI=1S/C6H8Cl2O2/c7-3-1-9-6-4(8)2-10-5(3)6/h3-6H,1-2H2. The van der Waals surface area contributed by atoms with Crippen molar-refractivity contribution in [3.05, 3.63) is 0 Å². The lowest BCUT2D eigenvalue weighted by molar-refractivity contribution is 0.0741. The van der Waals surface area contributed by atoms with E-state index in [1.807, 2.05) is 0 Å². The highest BCUT2D eigenvalue weighted by molar-refractivity contribution is 6.23. The predicted molar refractivity (Wildman–Crippen MR) is 38.8 cm³/mol. The first-order chi connectivity index (χ1) is 4.79. The van der Waals surface area contributed by atoms with Gasteiger partial charge in [-0.1, -0.05) is 0 Å². The molecule has 2 heterocycles. The van der Waals surface area contributed by atoms with Crippen molar-refractivity contribution in [2.45, 2.75) is 23.0 Å². The van der Waals surface area contributed by atoms with Gasteiger partial charge in [0, 0.05) is 0 Å². The molecular weight excluding hydrogens is 175 g/mol. The molecule has 0 radical (unpaired) electrons. The number of rotatable bonds is 0. The summed E-state index contributed by atoms with van der Waals surface area (Å²) in [4.78, 5) is 0. The predicted octanol–water partition coefficient (Wildman–Crippen LogP) is 0.999. The first-order valence-electron chi connectivity index (χ1n) is 3.30. The first kappa shape index (κ1) is 7.17. The third-order valence-electron chi connectivity index (χ3n) is 1.93. The minimum absolute atomic E-state index is 0.00579. The van der Waals surface area contributed by atoms with Gasteiger partial charge in [-0.25, -0.2) is 0 Å². The van der Waals surface area contributed by atoms with Gasteiger partial charge in [0.15, 0.2) is 0 Å². The normalized spacial score (nSPS) is 53.4. The highest BCUT2D eigenvalue weighted by Crippen LogP contribution is 2.32. The van der Waals surface area contributed by atoms with Gasteiger partial charge in [-0.2, -0.15) is 0 Å². The van der Waals surface area contributed by atoms with Crippen LogP contribution in [0.25, 0.3) is 0 Å². The number of halogens is 2. The van der Waals surface area contributed by atoms with E-state index in [9.17, 15) is 0 Å². The minimum Gasteiger partial charge on any atom is -0.372 e. The van der Waals surface area contributed by atoms with Crippen LogP contribution in [-0.2, 0) is 9.47 Å². The summed E-state index contributed by atoms with van der Waals surface area (Å²) in [6.45, 7) is 1.14. The number of ether oxygens (including phenoxy) is 2. The average Bonchev–Trinajstić information content (AvgIpc) is 2.41. The maximum Gasteiger partial charge on any atom is 0.104 e. The molecule has 0 amide bonds. The number of alkyl halides is 2. The third kappa shape index (κ3) is 0.944. The van der Waals surface area contributed by atoms with Crippen LogP contribution in [0.2, 0.25) is 0 Å². The largest absolute Gasteiger partial charge is 0.372 e. The lowest BCUT2D eigenvalue weighted by atomic mass is 10.2. The van der Waals surface area contributed by atoms with E-state index >= 15 is 0 Å². The van der Waals surface area contributed by atoms with Gasteiger partial charge in [0.2, 0.25) is 0 Å². The molecule has 2 rings (SSSR count). The monoisotopic (exact) mass is 182 g/mol. The first-order valence-corrected chi connectivity index (χ1v) is 4.17.